The highest BCUT2D eigenvalue weighted by molar-refractivity contribution is 6.43. The van der Waals surface area contributed by atoms with Gasteiger partial charge >= 0.3 is 0 Å². The number of nitrogens with zero attached hydrogens (tertiary/aromatic N) is 3. The van der Waals surface area contributed by atoms with Crippen molar-refractivity contribution in [1.82, 2.24) is 9.97 Å². The topological polar surface area (TPSA) is 55.0 Å². The molecule has 0 amide bonds. The van der Waals surface area contributed by atoms with Crippen molar-refractivity contribution in [3.63, 3.8) is 0 Å². The fourth-order valence-corrected chi connectivity index (χ4v) is 3.21. The Hall–Kier alpha value is -1.36. The monoisotopic (exact) mass is 350 g/mol. The van der Waals surface area contributed by atoms with Crippen LogP contribution in [0.25, 0.3) is 11.3 Å². The Morgan fingerprint density at radius 2 is 1.91 bits per heavy atom. The maximum atomic E-state index is 6.30. The van der Waals surface area contributed by atoms with E-state index in [2.05, 4.69) is 16.8 Å². The predicted octanol–water partition coefficient (Wildman–Crippen LogP) is 4.08. The molecule has 1 fully saturated rings. The van der Waals surface area contributed by atoms with Gasteiger partial charge in [-0.1, -0.05) is 35.3 Å². The zero-order valence-electron chi connectivity index (χ0n) is 13.3. The van der Waals surface area contributed by atoms with Crippen LogP contribution in [0.3, 0.4) is 0 Å². The molecule has 0 unspecified atom stereocenters. The molecule has 2 N–H and O–H groups in total. The summed E-state index contributed by atoms with van der Waals surface area (Å²) in [6, 6.07) is 5.54. The van der Waals surface area contributed by atoms with E-state index in [1.807, 2.05) is 19.1 Å². The Morgan fingerprint density at radius 3 is 2.57 bits per heavy atom. The van der Waals surface area contributed by atoms with Gasteiger partial charge in [0.1, 0.15) is 5.82 Å². The summed E-state index contributed by atoms with van der Waals surface area (Å²) in [6.45, 7) is 5.85. The minimum atomic E-state index is -0.0762. The second-order valence-corrected chi connectivity index (χ2v) is 7.19. The molecule has 0 atom stereocenters. The molecule has 0 aliphatic carbocycles. The minimum Gasteiger partial charge on any atom is -0.355 e. The van der Waals surface area contributed by atoms with Crippen molar-refractivity contribution in [2.75, 3.05) is 18.0 Å². The van der Waals surface area contributed by atoms with E-state index in [9.17, 15) is 0 Å². The smallest absolute Gasteiger partial charge is 0.147 e. The van der Waals surface area contributed by atoms with E-state index in [1.165, 1.54) is 0 Å². The molecule has 3 rings (SSSR count). The van der Waals surface area contributed by atoms with Crippen LogP contribution in [-0.4, -0.2) is 28.6 Å². The number of piperidine rings is 1. The zero-order chi connectivity index (χ0) is 16.6. The van der Waals surface area contributed by atoms with Crippen LogP contribution in [0.15, 0.2) is 24.4 Å². The van der Waals surface area contributed by atoms with Gasteiger partial charge in [0.25, 0.3) is 0 Å². The molecule has 1 saturated heterocycles. The van der Waals surface area contributed by atoms with E-state index in [0.29, 0.717) is 10.0 Å². The van der Waals surface area contributed by atoms with Gasteiger partial charge in [-0.25, -0.2) is 4.98 Å². The number of nitrogens with two attached hydrogens (primary N) is 1. The third-order valence-corrected chi connectivity index (χ3v) is 5.19. The number of benzene rings is 1. The van der Waals surface area contributed by atoms with Crippen LogP contribution in [0.1, 0.15) is 25.5 Å². The fourth-order valence-electron chi connectivity index (χ4n) is 2.82. The Balaban J connectivity index is 1.88. The van der Waals surface area contributed by atoms with Gasteiger partial charge in [0.2, 0.25) is 0 Å². The number of rotatable bonds is 2. The quantitative estimate of drug-likeness (QED) is 0.886. The maximum Gasteiger partial charge on any atom is 0.147 e. The lowest BCUT2D eigenvalue weighted by Crippen LogP contribution is -2.48. The molecule has 1 aliphatic heterocycles. The number of anilines is 1. The van der Waals surface area contributed by atoms with Crippen molar-refractivity contribution in [1.29, 1.82) is 0 Å². The van der Waals surface area contributed by atoms with E-state index in [-0.39, 0.29) is 5.54 Å². The van der Waals surface area contributed by atoms with Crippen LogP contribution in [-0.2, 0) is 0 Å². The van der Waals surface area contributed by atoms with Gasteiger partial charge in [-0.05, 0) is 32.8 Å². The third-order valence-electron chi connectivity index (χ3n) is 4.37. The lowest BCUT2D eigenvalue weighted by Gasteiger charge is -2.37. The minimum absolute atomic E-state index is 0.0762. The van der Waals surface area contributed by atoms with E-state index >= 15 is 0 Å². The lowest BCUT2D eigenvalue weighted by molar-refractivity contribution is 0.363. The van der Waals surface area contributed by atoms with E-state index in [0.717, 1.165) is 48.7 Å². The number of hydrogen-bond donors (Lipinski definition) is 1. The molecule has 1 aromatic heterocycles. The van der Waals surface area contributed by atoms with Crippen LogP contribution < -0.4 is 10.6 Å². The Labute approximate surface area is 146 Å². The number of aromatic nitrogens is 2. The molecule has 0 saturated carbocycles. The van der Waals surface area contributed by atoms with Crippen molar-refractivity contribution in [2.24, 2.45) is 5.73 Å². The molecule has 1 aromatic carbocycles. The van der Waals surface area contributed by atoms with E-state index in [1.54, 1.807) is 12.3 Å². The molecule has 0 spiro atoms. The predicted molar refractivity (Wildman–Crippen MR) is 96.3 cm³/mol. The van der Waals surface area contributed by atoms with Crippen molar-refractivity contribution < 1.29 is 0 Å². The molecule has 2 aromatic rings. The third kappa shape index (κ3) is 3.44. The van der Waals surface area contributed by atoms with Crippen molar-refractivity contribution in [2.45, 2.75) is 32.2 Å². The van der Waals surface area contributed by atoms with Gasteiger partial charge in [-0.2, -0.15) is 0 Å². The Bertz CT molecular complexity index is 721. The molecule has 0 radical (unpaired) electrons. The summed E-state index contributed by atoms with van der Waals surface area (Å²) in [4.78, 5) is 11.5. The summed E-state index contributed by atoms with van der Waals surface area (Å²) in [6.07, 6.45) is 3.71. The molecule has 122 valence electrons. The fraction of sp³-hybridized carbons (Fsp3) is 0.412. The largest absolute Gasteiger partial charge is 0.355 e. The molecular formula is C17H20Cl2N4. The average molecular weight is 351 g/mol. The van der Waals surface area contributed by atoms with Gasteiger partial charge in [0.15, 0.2) is 0 Å². The van der Waals surface area contributed by atoms with Crippen molar-refractivity contribution in [3.05, 3.63) is 40.1 Å². The van der Waals surface area contributed by atoms with Gasteiger partial charge in [0.05, 0.1) is 27.6 Å². The van der Waals surface area contributed by atoms with Crippen LogP contribution in [0.2, 0.25) is 10.0 Å². The van der Waals surface area contributed by atoms with Crippen LogP contribution >= 0.6 is 23.2 Å². The maximum absolute atomic E-state index is 6.30. The normalized spacial score (nSPS) is 17.3. The second kappa shape index (κ2) is 6.27. The summed E-state index contributed by atoms with van der Waals surface area (Å²) in [5, 5.41) is 1.03. The van der Waals surface area contributed by atoms with Crippen LogP contribution in [0.5, 0.6) is 0 Å². The molecule has 4 nitrogen and oxygen atoms in total. The van der Waals surface area contributed by atoms with Gasteiger partial charge in [-0.15, -0.1) is 0 Å². The van der Waals surface area contributed by atoms with Crippen LogP contribution in [0, 0.1) is 6.92 Å². The SMILES string of the molecule is Cc1nc(N2CCC(C)(N)CC2)cnc1-c1cccc(Cl)c1Cl. The van der Waals surface area contributed by atoms with Crippen molar-refractivity contribution >= 4 is 29.0 Å². The Morgan fingerprint density at radius 1 is 1.22 bits per heavy atom. The second-order valence-electron chi connectivity index (χ2n) is 6.40. The van der Waals surface area contributed by atoms with Crippen molar-refractivity contribution in [3.8, 4) is 11.3 Å². The number of aryl methyl sites for hydroxylation is 1. The first-order valence-corrected chi connectivity index (χ1v) is 8.45. The van der Waals surface area contributed by atoms with Gasteiger partial charge < -0.3 is 10.6 Å². The zero-order valence-corrected chi connectivity index (χ0v) is 14.8. The number of hydrogen-bond acceptors (Lipinski definition) is 4. The summed E-state index contributed by atoms with van der Waals surface area (Å²) in [5.74, 6) is 0.889. The lowest BCUT2D eigenvalue weighted by atomic mass is 9.91. The average Bonchev–Trinajstić information content (AvgIpc) is 2.50. The summed E-state index contributed by atoms with van der Waals surface area (Å²) in [5.41, 5.74) is 8.53. The highest BCUT2D eigenvalue weighted by Crippen LogP contribution is 2.34. The standard InChI is InChI=1S/C17H20Cl2N4/c1-11-16(12-4-3-5-13(18)15(12)19)21-10-14(22-11)23-8-6-17(2,20)7-9-23/h3-5,10H,6-9,20H2,1-2H3. The van der Waals surface area contributed by atoms with E-state index in [4.69, 9.17) is 33.9 Å². The molecule has 23 heavy (non-hydrogen) atoms. The summed E-state index contributed by atoms with van der Waals surface area (Å²) >= 11 is 12.4. The number of halogens is 2. The van der Waals surface area contributed by atoms with Gasteiger partial charge in [-0.3, -0.25) is 4.98 Å². The molecular weight excluding hydrogens is 331 g/mol. The highest BCUT2D eigenvalue weighted by Gasteiger charge is 2.26. The van der Waals surface area contributed by atoms with E-state index < -0.39 is 0 Å². The van der Waals surface area contributed by atoms with Crippen LogP contribution in [0.4, 0.5) is 5.82 Å². The highest BCUT2D eigenvalue weighted by atomic mass is 35.5. The molecule has 0 bridgehead atoms. The van der Waals surface area contributed by atoms with Gasteiger partial charge in [0, 0.05) is 24.2 Å². The Kier molecular flexibility index (Phi) is 4.50. The first-order valence-electron chi connectivity index (χ1n) is 7.69. The summed E-state index contributed by atoms with van der Waals surface area (Å²) < 4.78 is 0. The first-order chi connectivity index (χ1) is 10.9. The molecule has 1 aliphatic rings. The molecule has 2 heterocycles. The summed E-state index contributed by atoms with van der Waals surface area (Å²) in [7, 11) is 0. The molecule has 6 heteroatoms. The first kappa shape index (κ1) is 16.5.